The fraction of sp³-hybridized carbons (Fsp3) is 0.692. The van der Waals surface area contributed by atoms with E-state index in [0.29, 0.717) is 24.8 Å². The minimum absolute atomic E-state index is 0.102. The summed E-state index contributed by atoms with van der Waals surface area (Å²) in [5.74, 6) is 1.13. The number of H-pyrrole nitrogens is 1. The fourth-order valence-electron chi connectivity index (χ4n) is 5.32. The van der Waals surface area contributed by atoms with Gasteiger partial charge in [-0.05, 0) is 58.6 Å². The number of carbonyl (C=O) groups excluding carboxylic acids is 1. The monoisotopic (exact) mass is 456 g/mol. The van der Waals surface area contributed by atoms with Crippen molar-refractivity contribution < 1.29 is 14.6 Å². The van der Waals surface area contributed by atoms with Crippen molar-refractivity contribution in [3.8, 4) is 0 Å². The highest BCUT2D eigenvalue weighted by molar-refractivity contribution is 5.74. The quantitative estimate of drug-likeness (QED) is 0.645. The summed E-state index contributed by atoms with van der Waals surface area (Å²) in [5, 5.41) is 10.9. The van der Waals surface area contributed by atoms with Crippen LogP contribution >= 0.6 is 0 Å². The zero-order valence-corrected chi connectivity index (χ0v) is 20.6. The van der Waals surface area contributed by atoms with Gasteiger partial charge < -0.3 is 19.7 Å². The second kappa shape index (κ2) is 9.72. The molecule has 2 N–H and O–H groups in total. The van der Waals surface area contributed by atoms with Gasteiger partial charge in [-0.1, -0.05) is 19.1 Å². The van der Waals surface area contributed by atoms with E-state index >= 15 is 0 Å². The maximum absolute atomic E-state index is 12.2. The third-order valence-electron chi connectivity index (χ3n) is 7.11. The number of ether oxygens (including phenoxy) is 1. The Morgan fingerprint density at radius 1 is 1.21 bits per heavy atom. The molecule has 2 aliphatic rings. The first kappa shape index (κ1) is 24.2. The fourth-order valence-corrected chi connectivity index (χ4v) is 5.32. The molecular formula is C26H40N4O3. The number of esters is 1. The van der Waals surface area contributed by atoms with Crippen molar-refractivity contribution in [3.05, 3.63) is 30.1 Å². The zero-order chi connectivity index (χ0) is 23.6. The third kappa shape index (κ3) is 6.34. The molecule has 1 aliphatic carbocycles. The lowest BCUT2D eigenvalue weighted by atomic mass is 9.79. The van der Waals surface area contributed by atoms with Crippen molar-refractivity contribution in [1.29, 1.82) is 0 Å². The lowest BCUT2D eigenvalue weighted by molar-refractivity contribution is -0.162. The normalized spacial score (nSPS) is 26.4. The predicted molar refractivity (Wildman–Crippen MR) is 130 cm³/mol. The van der Waals surface area contributed by atoms with Crippen molar-refractivity contribution >= 4 is 17.0 Å². The molecule has 1 saturated carbocycles. The molecule has 1 unspecified atom stereocenters. The SMILES string of the molecule is CC(CN1CCN(C2CCC(O)(CC(=O)OC(C)(C)C)CC2)CC1)c1nc2ccccc2[nH]1. The molecule has 0 spiro atoms. The van der Waals surface area contributed by atoms with E-state index in [0.717, 1.165) is 62.4 Å². The molecule has 2 aromatic rings. The Morgan fingerprint density at radius 3 is 2.52 bits per heavy atom. The summed E-state index contributed by atoms with van der Waals surface area (Å²) < 4.78 is 5.42. The second-order valence-electron chi connectivity index (χ2n) is 11.1. The molecule has 1 aliphatic heterocycles. The second-order valence-corrected chi connectivity index (χ2v) is 11.1. The Hall–Kier alpha value is -1.96. The van der Waals surface area contributed by atoms with Crippen LogP contribution in [0.5, 0.6) is 0 Å². The Bertz CT molecular complexity index is 901. The molecule has 4 rings (SSSR count). The van der Waals surface area contributed by atoms with Gasteiger partial charge in [0.1, 0.15) is 11.4 Å². The number of carbonyl (C=O) groups is 1. The minimum Gasteiger partial charge on any atom is -0.460 e. The van der Waals surface area contributed by atoms with E-state index in [4.69, 9.17) is 9.72 Å². The molecule has 7 heteroatoms. The number of nitrogens with one attached hydrogen (secondary N) is 1. The highest BCUT2D eigenvalue weighted by Crippen LogP contribution is 2.34. The number of rotatable bonds is 6. The van der Waals surface area contributed by atoms with E-state index in [-0.39, 0.29) is 12.4 Å². The van der Waals surface area contributed by atoms with Crippen molar-refractivity contribution in [2.24, 2.45) is 0 Å². The Labute approximate surface area is 197 Å². The number of benzene rings is 1. The number of para-hydroxylation sites is 2. The number of fused-ring (bicyclic) bond motifs is 1. The number of hydrogen-bond acceptors (Lipinski definition) is 6. The first-order valence-corrected chi connectivity index (χ1v) is 12.5. The van der Waals surface area contributed by atoms with E-state index in [1.54, 1.807) is 0 Å². The van der Waals surface area contributed by atoms with Gasteiger partial charge in [-0.2, -0.15) is 0 Å². The first-order chi connectivity index (χ1) is 15.6. The van der Waals surface area contributed by atoms with Gasteiger partial charge in [0, 0.05) is 44.7 Å². The summed E-state index contributed by atoms with van der Waals surface area (Å²) in [7, 11) is 0. The van der Waals surface area contributed by atoms with Gasteiger partial charge in [0.2, 0.25) is 0 Å². The molecule has 0 bridgehead atoms. The molecule has 1 aromatic carbocycles. The minimum atomic E-state index is -0.914. The topological polar surface area (TPSA) is 81.7 Å². The summed E-state index contributed by atoms with van der Waals surface area (Å²) in [6.45, 7) is 13.1. The molecule has 1 atom stereocenters. The van der Waals surface area contributed by atoms with E-state index in [1.165, 1.54) is 0 Å². The Morgan fingerprint density at radius 2 is 1.88 bits per heavy atom. The number of aliphatic hydroxyl groups is 1. The average molecular weight is 457 g/mol. The summed E-state index contributed by atoms with van der Waals surface area (Å²) in [4.78, 5) is 25.5. The van der Waals surface area contributed by atoms with E-state index in [1.807, 2.05) is 32.9 Å². The lowest BCUT2D eigenvalue weighted by Gasteiger charge is -2.44. The van der Waals surface area contributed by atoms with Crippen LogP contribution in [0.1, 0.15) is 71.5 Å². The highest BCUT2D eigenvalue weighted by Gasteiger charge is 2.38. The molecule has 2 fully saturated rings. The van der Waals surface area contributed by atoms with Gasteiger partial charge >= 0.3 is 5.97 Å². The predicted octanol–water partition coefficient (Wildman–Crippen LogP) is 3.69. The zero-order valence-electron chi connectivity index (χ0n) is 20.6. The summed E-state index contributed by atoms with van der Waals surface area (Å²) in [5.41, 5.74) is 0.718. The maximum atomic E-state index is 12.2. The molecule has 7 nitrogen and oxygen atoms in total. The lowest BCUT2D eigenvalue weighted by Crippen LogP contribution is -2.53. The van der Waals surface area contributed by atoms with Crippen LogP contribution in [0.4, 0.5) is 0 Å². The van der Waals surface area contributed by atoms with E-state index in [2.05, 4.69) is 33.8 Å². The van der Waals surface area contributed by atoms with Crippen molar-refractivity contribution in [2.75, 3.05) is 32.7 Å². The van der Waals surface area contributed by atoms with Crippen molar-refractivity contribution in [3.63, 3.8) is 0 Å². The number of aromatic amines is 1. The Kier molecular flexibility index (Phi) is 7.12. The summed E-state index contributed by atoms with van der Waals surface area (Å²) in [6.07, 6.45) is 3.31. The number of nitrogens with zero attached hydrogens (tertiary/aromatic N) is 3. The molecule has 1 saturated heterocycles. The maximum Gasteiger partial charge on any atom is 0.309 e. The van der Waals surface area contributed by atoms with Crippen LogP contribution in [-0.2, 0) is 9.53 Å². The molecule has 2 heterocycles. The number of aromatic nitrogens is 2. The van der Waals surface area contributed by atoms with Crippen LogP contribution in [0.2, 0.25) is 0 Å². The van der Waals surface area contributed by atoms with Gasteiger partial charge in [-0.15, -0.1) is 0 Å². The molecule has 182 valence electrons. The van der Waals surface area contributed by atoms with Crippen LogP contribution in [0.3, 0.4) is 0 Å². The van der Waals surface area contributed by atoms with Gasteiger partial charge in [0.05, 0.1) is 23.1 Å². The van der Waals surface area contributed by atoms with Crippen molar-refractivity contribution in [2.45, 2.75) is 83.0 Å². The number of imidazole rings is 1. The van der Waals surface area contributed by atoms with Gasteiger partial charge in [-0.25, -0.2) is 4.98 Å². The molecule has 0 radical (unpaired) electrons. The van der Waals surface area contributed by atoms with Crippen LogP contribution < -0.4 is 0 Å². The molecule has 0 amide bonds. The largest absolute Gasteiger partial charge is 0.460 e. The first-order valence-electron chi connectivity index (χ1n) is 12.5. The highest BCUT2D eigenvalue weighted by atomic mass is 16.6. The molecule has 33 heavy (non-hydrogen) atoms. The van der Waals surface area contributed by atoms with E-state index < -0.39 is 11.2 Å². The third-order valence-corrected chi connectivity index (χ3v) is 7.11. The van der Waals surface area contributed by atoms with Gasteiger partial charge in [-0.3, -0.25) is 9.69 Å². The Balaban J connectivity index is 1.21. The van der Waals surface area contributed by atoms with Crippen molar-refractivity contribution in [1.82, 2.24) is 19.8 Å². The number of piperazine rings is 1. The summed E-state index contributed by atoms with van der Waals surface area (Å²) in [6, 6.07) is 8.70. The summed E-state index contributed by atoms with van der Waals surface area (Å²) >= 11 is 0. The van der Waals surface area contributed by atoms with Crippen LogP contribution in [0.15, 0.2) is 24.3 Å². The molecule has 1 aromatic heterocycles. The van der Waals surface area contributed by atoms with Crippen LogP contribution in [-0.4, -0.2) is 80.8 Å². The van der Waals surface area contributed by atoms with Gasteiger partial charge in [0.15, 0.2) is 0 Å². The average Bonchev–Trinajstić information content (AvgIpc) is 3.18. The molecular weight excluding hydrogens is 416 g/mol. The smallest absolute Gasteiger partial charge is 0.309 e. The van der Waals surface area contributed by atoms with Gasteiger partial charge in [0.25, 0.3) is 0 Å². The van der Waals surface area contributed by atoms with E-state index in [9.17, 15) is 9.90 Å². The van der Waals surface area contributed by atoms with Crippen LogP contribution in [0.25, 0.3) is 11.0 Å². The van der Waals surface area contributed by atoms with Crippen LogP contribution in [0, 0.1) is 0 Å². The number of hydrogen-bond donors (Lipinski definition) is 2. The standard InChI is InChI=1S/C26H40N4O3/c1-19(24-27-21-7-5-6-8-22(21)28-24)18-29-13-15-30(16-14-29)20-9-11-26(32,12-10-20)17-23(31)33-25(2,3)4/h5-8,19-20,32H,9-18H2,1-4H3,(H,27,28).